The number of rotatable bonds is 1. The maximum absolute atomic E-state index is 5.34. The maximum Gasteiger partial charge on any atom is 0.263 e. The zero-order valence-corrected chi connectivity index (χ0v) is 12.7. The summed E-state index contributed by atoms with van der Waals surface area (Å²) in [6.07, 6.45) is 3.81. The highest BCUT2D eigenvalue weighted by molar-refractivity contribution is 5.88. The molecule has 6 heteroatoms. The molecule has 0 spiro atoms. The van der Waals surface area contributed by atoms with Crippen LogP contribution < -0.4 is 4.90 Å². The lowest BCUT2D eigenvalue weighted by Gasteiger charge is -2.26. The fourth-order valence-corrected chi connectivity index (χ4v) is 3.70. The monoisotopic (exact) mass is 287 g/mol. The molecule has 21 heavy (non-hydrogen) atoms. The highest BCUT2D eigenvalue weighted by Gasteiger charge is 2.30. The molecule has 1 atom stereocenters. The van der Waals surface area contributed by atoms with Crippen LogP contribution in [0.3, 0.4) is 0 Å². The van der Waals surface area contributed by atoms with Gasteiger partial charge in [0.05, 0.1) is 5.69 Å². The zero-order chi connectivity index (χ0) is 14.4. The number of nitrogens with zero attached hydrogens (tertiary/aromatic N) is 5. The van der Waals surface area contributed by atoms with Crippen molar-refractivity contribution >= 4 is 16.9 Å². The van der Waals surface area contributed by atoms with Crippen molar-refractivity contribution in [1.29, 1.82) is 0 Å². The van der Waals surface area contributed by atoms with Gasteiger partial charge in [0, 0.05) is 25.7 Å². The molecule has 4 rings (SSSR count). The van der Waals surface area contributed by atoms with Crippen molar-refractivity contribution < 1.29 is 4.52 Å². The van der Waals surface area contributed by atoms with Crippen molar-refractivity contribution in [2.45, 2.75) is 39.2 Å². The summed E-state index contributed by atoms with van der Waals surface area (Å²) in [7, 11) is 0. The largest absolute Gasteiger partial charge is 0.354 e. The number of fused-ring (bicyclic) bond motifs is 2. The fourth-order valence-electron chi connectivity index (χ4n) is 3.70. The smallest absolute Gasteiger partial charge is 0.263 e. The molecule has 4 heterocycles. The van der Waals surface area contributed by atoms with Gasteiger partial charge in [0.25, 0.3) is 5.71 Å². The molecule has 0 aliphatic carbocycles. The highest BCUT2D eigenvalue weighted by atomic mass is 16.5. The van der Waals surface area contributed by atoms with Crippen LogP contribution in [-0.4, -0.2) is 52.2 Å². The van der Waals surface area contributed by atoms with E-state index in [1.807, 2.05) is 13.8 Å². The number of hydrogen-bond donors (Lipinski definition) is 0. The molecule has 2 aliphatic rings. The number of anilines is 1. The zero-order valence-electron chi connectivity index (χ0n) is 12.7. The lowest BCUT2D eigenvalue weighted by Crippen LogP contribution is -2.37. The molecule has 2 aliphatic heterocycles. The second-order valence-corrected chi connectivity index (χ2v) is 6.17. The summed E-state index contributed by atoms with van der Waals surface area (Å²) >= 11 is 0. The highest BCUT2D eigenvalue weighted by Crippen LogP contribution is 2.30. The molecule has 0 bridgehead atoms. The van der Waals surface area contributed by atoms with Crippen LogP contribution in [0.4, 0.5) is 5.82 Å². The first-order chi connectivity index (χ1) is 10.2. The fraction of sp³-hybridized carbons (Fsp3) is 0.667. The summed E-state index contributed by atoms with van der Waals surface area (Å²) in [5.74, 6) is 1.76. The number of hydrogen-bond acceptors (Lipinski definition) is 6. The summed E-state index contributed by atoms with van der Waals surface area (Å²) in [6, 6.07) is 0.665. The molecular weight excluding hydrogens is 266 g/mol. The van der Waals surface area contributed by atoms with E-state index in [2.05, 4.69) is 19.9 Å². The summed E-state index contributed by atoms with van der Waals surface area (Å²) in [6.45, 7) is 8.44. The summed E-state index contributed by atoms with van der Waals surface area (Å²) < 4.78 is 5.34. The van der Waals surface area contributed by atoms with Crippen LogP contribution in [0.5, 0.6) is 0 Å². The Morgan fingerprint density at radius 3 is 2.86 bits per heavy atom. The molecule has 0 unspecified atom stereocenters. The van der Waals surface area contributed by atoms with Gasteiger partial charge in [-0.1, -0.05) is 5.16 Å². The Morgan fingerprint density at radius 1 is 1.10 bits per heavy atom. The van der Waals surface area contributed by atoms with E-state index in [4.69, 9.17) is 9.51 Å². The molecule has 2 aromatic heterocycles. The van der Waals surface area contributed by atoms with E-state index < -0.39 is 0 Å². The van der Waals surface area contributed by atoms with Crippen LogP contribution in [0, 0.1) is 13.8 Å². The normalized spacial score (nSPS) is 23.5. The van der Waals surface area contributed by atoms with Crippen molar-refractivity contribution in [3.63, 3.8) is 0 Å². The van der Waals surface area contributed by atoms with Gasteiger partial charge in [0.1, 0.15) is 17.0 Å². The van der Waals surface area contributed by atoms with Crippen molar-refractivity contribution in [3.05, 3.63) is 11.5 Å². The molecule has 0 saturated carbocycles. The minimum absolute atomic E-state index is 0.613. The summed E-state index contributed by atoms with van der Waals surface area (Å²) in [5, 5.41) is 5.05. The van der Waals surface area contributed by atoms with Crippen LogP contribution >= 0.6 is 0 Å². The number of aryl methyl sites for hydroxylation is 2. The van der Waals surface area contributed by atoms with Crippen LogP contribution in [0.15, 0.2) is 4.52 Å². The Balaban J connectivity index is 1.76. The van der Waals surface area contributed by atoms with Crippen molar-refractivity contribution in [3.8, 4) is 0 Å². The van der Waals surface area contributed by atoms with E-state index >= 15 is 0 Å². The molecule has 0 N–H and O–H groups in total. The van der Waals surface area contributed by atoms with E-state index in [1.165, 1.54) is 32.4 Å². The van der Waals surface area contributed by atoms with Gasteiger partial charge in [0.2, 0.25) is 0 Å². The molecule has 2 aromatic rings. The molecule has 0 radical (unpaired) electrons. The summed E-state index contributed by atoms with van der Waals surface area (Å²) in [4.78, 5) is 14.1. The second kappa shape index (κ2) is 4.94. The van der Waals surface area contributed by atoms with Gasteiger partial charge in [0.15, 0.2) is 0 Å². The Labute approximate surface area is 124 Å². The first-order valence-electron chi connectivity index (χ1n) is 7.82. The predicted octanol–water partition coefficient (Wildman–Crippen LogP) is 1.91. The van der Waals surface area contributed by atoms with E-state index in [0.717, 1.165) is 35.8 Å². The first kappa shape index (κ1) is 13.0. The van der Waals surface area contributed by atoms with Gasteiger partial charge in [-0.3, -0.25) is 4.90 Å². The molecule has 0 aromatic carbocycles. The van der Waals surface area contributed by atoms with Gasteiger partial charge in [-0.15, -0.1) is 0 Å². The second-order valence-electron chi connectivity index (χ2n) is 6.17. The van der Waals surface area contributed by atoms with Gasteiger partial charge in [-0.2, -0.15) is 4.98 Å². The standard InChI is InChI=1S/C15H21N5O/c1-10-13-14(16-11(2)17-15(13)21-18-10)20-8-4-7-19-6-3-5-12(19)9-20/h12H,3-9H2,1-2H3/t12-/m0/s1. The Morgan fingerprint density at radius 2 is 1.95 bits per heavy atom. The average Bonchev–Trinajstić information content (AvgIpc) is 2.99. The lowest BCUT2D eigenvalue weighted by molar-refractivity contribution is 0.273. The van der Waals surface area contributed by atoms with Crippen LogP contribution in [0.25, 0.3) is 11.1 Å². The summed E-state index contributed by atoms with van der Waals surface area (Å²) in [5.41, 5.74) is 1.50. The molecule has 2 saturated heterocycles. The predicted molar refractivity (Wildman–Crippen MR) is 80.5 cm³/mol. The van der Waals surface area contributed by atoms with E-state index in [9.17, 15) is 0 Å². The van der Waals surface area contributed by atoms with Crippen molar-refractivity contribution in [1.82, 2.24) is 20.0 Å². The quantitative estimate of drug-likeness (QED) is 0.798. The number of aromatic nitrogens is 3. The SMILES string of the molecule is Cc1nc(N2CCCN3CCC[C@H]3C2)c2c(C)noc2n1. The van der Waals surface area contributed by atoms with Gasteiger partial charge in [-0.25, -0.2) is 4.98 Å². The third-order valence-electron chi connectivity index (χ3n) is 4.70. The van der Waals surface area contributed by atoms with E-state index in [0.29, 0.717) is 11.8 Å². The Kier molecular flexibility index (Phi) is 3.06. The molecule has 112 valence electrons. The third-order valence-corrected chi connectivity index (χ3v) is 4.70. The van der Waals surface area contributed by atoms with E-state index in [-0.39, 0.29) is 0 Å². The van der Waals surface area contributed by atoms with Crippen molar-refractivity contribution in [2.75, 3.05) is 31.1 Å². The molecular formula is C15H21N5O. The minimum atomic E-state index is 0.613. The third kappa shape index (κ3) is 2.18. The topological polar surface area (TPSA) is 58.3 Å². The molecule has 2 fully saturated rings. The van der Waals surface area contributed by atoms with Crippen LogP contribution in [0.2, 0.25) is 0 Å². The minimum Gasteiger partial charge on any atom is -0.354 e. The van der Waals surface area contributed by atoms with Gasteiger partial charge < -0.3 is 9.42 Å². The average molecular weight is 287 g/mol. The first-order valence-corrected chi connectivity index (χ1v) is 7.82. The van der Waals surface area contributed by atoms with Gasteiger partial charge >= 0.3 is 0 Å². The van der Waals surface area contributed by atoms with Gasteiger partial charge in [-0.05, 0) is 39.7 Å². The molecule has 0 amide bonds. The Bertz CT molecular complexity index is 667. The Hall–Kier alpha value is -1.69. The molecule has 6 nitrogen and oxygen atoms in total. The van der Waals surface area contributed by atoms with Crippen molar-refractivity contribution in [2.24, 2.45) is 0 Å². The maximum atomic E-state index is 5.34. The van der Waals surface area contributed by atoms with Crippen LogP contribution in [-0.2, 0) is 0 Å². The lowest BCUT2D eigenvalue weighted by atomic mass is 10.2. The van der Waals surface area contributed by atoms with E-state index in [1.54, 1.807) is 0 Å². The van der Waals surface area contributed by atoms with Crippen LogP contribution in [0.1, 0.15) is 30.8 Å².